The molecule has 152 valence electrons. The van der Waals surface area contributed by atoms with E-state index in [0.717, 1.165) is 32.9 Å². The molecule has 1 heterocycles. The third-order valence-electron chi connectivity index (χ3n) is 5.62. The van der Waals surface area contributed by atoms with Gasteiger partial charge >= 0.3 is 0 Å². The number of carbonyl (C=O) groups is 1. The van der Waals surface area contributed by atoms with Gasteiger partial charge < -0.3 is 10.3 Å². The molecule has 1 amide bonds. The Balaban J connectivity index is 1.81. The van der Waals surface area contributed by atoms with Crippen molar-refractivity contribution in [1.82, 2.24) is 4.57 Å². The van der Waals surface area contributed by atoms with Crippen LogP contribution in [0.5, 0.6) is 0 Å². The van der Waals surface area contributed by atoms with Crippen molar-refractivity contribution in [2.75, 3.05) is 0 Å². The Bertz CT molecular complexity index is 1450. The first kappa shape index (κ1) is 19.3. The molecule has 0 aliphatic rings. The molecular weight excluding hydrogens is 411 g/mol. The second kappa shape index (κ2) is 7.56. The summed E-state index contributed by atoms with van der Waals surface area (Å²) < 4.78 is 16.5. The second-order valence-corrected chi connectivity index (χ2v) is 7.92. The number of aromatic nitrogens is 1. The van der Waals surface area contributed by atoms with E-state index >= 15 is 0 Å². The Morgan fingerprint density at radius 1 is 0.871 bits per heavy atom. The Morgan fingerprint density at radius 2 is 1.61 bits per heavy atom. The summed E-state index contributed by atoms with van der Waals surface area (Å²) in [6.45, 7) is 0.332. The van der Waals surface area contributed by atoms with Gasteiger partial charge in [-0.2, -0.15) is 0 Å². The van der Waals surface area contributed by atoms with Gasteiger partial charge in [0, 0.05) is 26.9 Å². The number of primary amides is 1. The molecule has 2 N–H and O–H groups in total. The van der Waals surface area contributed by atoms with E-state index in [1.807, 2.05) is 53.1 Å². The molecule has 3 nitrogen and oxygen atoms in total. The van der Waals surface area contributed by atoms with Crippen LogP contribution in [0.2, 0.25) is 5.02 Å². The van der Waals surface area contributed by atoms with Gasteiger partial charge in [0.05, 0.1) is 17.6 Å². The topological polar surface area (TPSA) is 48.0 Å². The number of amides is 1. The predicted molar refractivity (Wildman–Crippen MR) is 124 cm³/mol. The van der Waals surface area contributed by atoms with Crippen LogP contribution in [0.25, 0.3) is 32.9 Å². The molecule has 1 aromatic heterocycles. The fourth-order valence-electron chi connectivity index (χ4n) is 4.14. The molecule has 5 heteroatoms. The average molecular weight is 429 g/mol. The van der Waals surface area contributed by atoms with E-state index in [9.17, 15) is 9.18 Å². The monoisotopic (exact) mass is 428 g/mol. The smallest absolute Gasteiger partial charge is 0.249 e. The molecule has 0 bridgehead atoms. The minimum Gasteiger partial charge on any atom is -0.366 e. The van der Waals surface area contributed by atoms with Gasteiger partial charge in [0.15, 0.2) is 0 Å². The van der Waals surface area contributed by atoms with Crippen LogP contribution in [-0.4, -0.2) is 10.5 Å². The highest BCUT2D eigenvalue weighted by atomic mass is 35.5. The van der Waals surface area contributed by atoms with Crippen LogP contribution < -0.4 is 5.73 Å². The third-order valence-corrected chi connectivity index (χ3v) is 5.87. The summed E-state index contributed by atoms with van der Waals surface area (Å²) in [5.41, 5.74) is 10.5. The van der Waals surface area contributed by atoms with Crippen LogP contribution in [0.4, 0.5) is 4.39 Å². The van der Waals surface area contributed by atoms with E-state index in [2.05, 4.69) is 6.07 Å². The van der Waals surface area contributed by atoms with E-state index in [4.69, 9.17) is 17.3 Å². The maximum absolute atomic E-state index is 14.5. The molecule has 4 aromatic carbocycles. The molecule has 0 radical (unpaired) electrons. The van der Waals surface area contributed by atoms with Crippen molar-refractivity contribution in [1.29, 1.82) is 0 Å². The van der Waals surface area contributed by atoms with E-state index in [1.54, 1.807) is 24.3 Å². The lowest BCUT2D eigenvalue weighted by Gasteiger charge is -2.10. The molecule has 0 saturated carbocycles. The number of hydrogen-bond donors (Lipinski definition) is 1. The van der Waals surface area contributed by atoms with Gasteiger partial charge in [-0.1, -0.05) is 60.1 Å². The number of benzene rings is 4. The van der Waals surface area contributed by atoms with Crippen molar-refractivity contribution in [3.63, 3.8) is 0 Å². The van der Waals surface area contributed by atoms with Crippen LogP contribution in [0, 0.1) is 5.82 Å². The lowest BCUT2D eigenvalue weighted by atomic mass is 10.0. The molecule has 31 heavy (non-hydrogen) atoms. The van der Waals surface area contributed by atoms with Crippen LogP contribution in [-0.2, 0) is 6.54 Å². The summed E-state index contributed by atoms with van der Waals surface area (Å²) in [6, 6.07) is 25.9. The molecular formula is C26H18ClFN2O. The van der Waals surface area contributed by atoms with Crippen LogP contribution >= 0.6 is 11.6 Å². The molecule has 0 aliphatic heterocycles. The van der Waals surface area contributed by atoms with Gasteiger partial charge in [0.2, 0.25) is 5.91 Å². The third kappa shape index (κ3) is 3.35. The van der Waals surface area contributed by atoms with Gasteiger partial charge in [-0.25, -0.2) is 4.39 Å². The highest BCUT2D eigenvalue weighted by molar-refractivity contribution is 6.30. The number of rotatable bonds is 4. The van der Waals surface area contributed by atoms with Gasteiger partial charge in [0.25, 0.3) is 0 Å². The van der Waals surface area contributed by atoms with E-state index < -0.39 is 5.91 Å². The number of nitrogens with two attached hydrogens (primary N) is 1. The van der Waals surface area contributed by atoms with E-state index in [0.29, 0.717) is 22.7 Å². The average Bonchev–Trinajstić information content (AvgIpc) is 3.09. The molecule has 0 fully saturated rings. The highest BCUT2D eigenvalue weighted by Crippen LogP contribution is 2.35. The predicted octanol–water partition coefficient (Wildman–Crippen LogP) is 6.40. The number of nitrogens with zero attached hydrogens (tertiary/aromatic N) is 1. The largest absolute Gasteiger partial charge is 0.366 e. The molecule has 0 atom stereocenters. The van der Waals surface area contributed by atoms with Crippen molar-refractivity contribution in [3.8, 4) is 11.1 Å². The summed E-state index contributed by atoms with van der Waals surface area (Å²) in [5, 5.41) is 2.35. The number of halogens is 2. The quantitative estimate of drug-likeness (QED) is 0.353. The van der Waals surface area contributed by atoms with Crippen LogP contribution in [0.1, 0.15) is 15.9 Å². The van der Waals surface area contributed by atoms with Gasteiger partial charge in [0.1, 0.15) is 5.82 Å². The summed E-state index contributed by atoms with van der Waals surface area (Å²) >= 11 is 6.04. The Labute approximate surface area is 183 Å². The fraction of sp³-hybridized carbons (Fsp3) is 0.0385. The number of hydrogen-bond acceptors (Lipinski definition) is 1. The minimum absolute atomic E-state index is 0.266. The second-order valence-electron chi connectivity index (χ2n) is 7.48. The van der Waals surface area contributed by atoms with Crippen molar-refractivity contribution in [2.24, 2.45) is 5.73 Å². The molecule has 5 aromatic rings. The lowest BCUT2D eigenvalue weighted by Crippen LogP contribution is -2.11. The number of fused-ring (bicyclic) bond motifs is 3. The molecule has 0 aliphatic carbocycles. The van der Waals surface area contributed by atoms with Crippen molar-refractivity contribution in [3.05, 3.63) is 107 Å². The summed E-state index contributed by atoms with van der Waals surface area (Å²) in [6.07, 6.45) is 0. The first-order valence-corrected chi connectivity index (χ1v) is 10.2. The SMILES string of the molecule is NC(=O)c1cccc2c1c1ccc(-c3ccc(Cl)cc3)cc1n2Cc1ccccc1F. The molecule has 5 rings (SSSR count). The summed E-state index contributed by atoms with van der Waals surface area (Å²) in [4.78, 5) is 12.1. The van der Waals surface area contributed by atoms with Crippen molar-refractivity contribution in [2.45, 2.75) is 6.54 Å². The fourth-order valence-corrected chi connectivity index (χ4v) is 4.26. The van der Waals surface area contributed by atoms with Gasteiger partial charge in [-0.15, -0.1) is 0 Å². The van der Waals surface area contributed by atoms with E-state index in [1.165, 1.54) is 6.07 Å². The van der Waals surface area contributed by atoms with E-state index in [-0.39, 0.29) is 5.82 Å². The molecule has 0 saturated heterocycles. The Morgan fingerprint density at radius 3 is 2.35 bits per heavy atom. The summed E-state index contributed by atoms with van der Waals surface area (Å²) in [5.74, 6) is -0.755. The zero-order valence-electron chi connectivity index (χ0n) is 16.5. The standard InChI is InChI=1S/C26H18ClFN2O/c27-19-11-8-16(9-12-19)17-10-13-20-24(14-17)30(15-18-4-1-2-6-22(18)28)23-7-3-5-21(25(20)23)26(29)31/h1-14H,15H2,(H2,29,31). The zero-order valence-corrected chi connectivity index (χ0v) is 17.2. The van der Waals surface area contributed by atoms with Crippen LogP contribution in [0.3, 0.4) is 0 Å². The minimum atomic E-state index is -0.489. The normalized spacial score (nSPS) is 11.3. The van der Waals surface area contributed by atoms with Crippen molar-refractivity contribution < 1.29 is 9.18 Å². The molecule has 0 unspecified atom stereocenters. The highest BCUT2D eigenvalue weighted by Gasteiger charge is 2.18. The van der Waals surface area contributed by atoms with Gasteiger partial charge in [-0.3, -0.25) is 4.79 Å². The Hall–Kier alpha value is -3.63. The maximum Gasteiger partial charge on any atom is 0.249 e. The molecule has 0 spiro atoms. The first-order chi connectivity index (χ1) is 15.0. The lowest BCUT2D eigenvalue weighted by molar-refractivity contribution is 0.100. The van der Waals surface area contributed by atoms with Crippen LogP contribution in [0.15, 0.2) is 84.9 Å². The van der Waals surface area contributed by atoms with Gasteiger partial charge in [-0.05, 0) is 47.5 Å². The first-order valence-electron chi connectivity index (χ1n) is 9.87. The number of carbonyl (C=O) groups excluding carboxylic acids is 1. The zero-order chi connectivity index (χ0) is 21.5. The van der Waals surface area contributed by atoms with Crippen molar-refractivity contribution >= 4 is 39.3 Å². The summed E-state index contributed by atoms with van der Waals surface area (Å²) in [7, 11) is 0. The maximum atomic E-state index is 14.5. The Kier molecular flexibility index (Phi) is 4.72.